The van der Waals surface area contributed by atoms with Crippen LogP contribution in [0.15, 0.2) is 30.6 Å². The van der Waals surface area contributed by atoms with E-state index in [9.17, 15) is 5.11 Å². The summed E-state index contributed by atoms with van der Waals surface area (Å²) in [6.45, 7) is 1.94. The topological polar surface area (TPSA) is 55.2 Å². The molecule has 1 aromatic carbocycles. The van der Waals surface area contributed by atoms with Crippen molar-refractivity contribution in [3.05, 3.63) is 52.4 Å². The Balaban J connectivity index is 2.20. The van der Waals surface area contributed by atoms with Crippen molar-refractivity contribution >= 4 is 11.6 Å². The number of aliphatic hydroxyl groups excluding tert-OH is 1. The minimum absolute atomic E-state index is 0.389. The van der Waals surface area contributed by atoms with E-state index in [1.165, 1.54) is 6.33 Å². The number of rotatable bonds is 4. The first-order chi connectivity index (χ1) is 9.10. The van der Waals surface area contributed by atoms with Gasteiger partial charge in [0, 0.05) is 17.5 Å². The van der Waals surface area contributed by atoms with Crippen LogP contribution in [0.3, 0.4) is 0 Å². The van der Waals surface area contributed by atoms with Gasteiger partial charge in [-0.1, -0.05) is 17.7 Å². The van der Waals surface area contributed by atoms with Crippen molar-refractivity contribution in [1.29, 1.82) is 0 Å². The lowest BCUT2D eigenvalue weighted by Crippen LogP contribution is -2.06. The SMILES string of the molecule is COc1cc(CC(O)c2cc(Cl)ccc2C)ncn1. The van der Waals surface area contributed by atoms with Crippen molar-refractivity contribution in [2.45, 2.75) is 19.4 Å². The second-order valence-electron chi connectivity index (χ2n) is 4.27. The van der Waals surface area contributed by atoms with E-state index in [1.54, 1.807) is 25.3 Å². The number of nitrogens with zero attached hydrogens (tertiary/aromatic N) is 2. The zero-order valence-electron chi connectivity index (χ0n) is 10.8. The predicted molar refractivity (Wildman–Crippen MR) is 73.4 cm³/mol. The van der Waals surface area contributed by atoms with Gasteiger partial charge in [0.25, 0.3) is 0 Å². The highest BCUT2D eigenvalue weighted by Crippen LogP contribution is 2.24. The summed E-state index contributed by atoms with van der Waals surface area (Å²) in [5.74, 6) is 0.486. The zero-order valence-corrected chi connectivity index (χ0v) is 11.6. The molecular weight excluding hydrogens is 264 g/mol. The number of hydrogen-bond acceptors (Lipinski definition) is 4. The summed E-state index contributed by atoms with van der Waals surface area (Å²) in [7, 11) is 1.55. The maximum atomic E-state index is 10.3. The average molecular weight is 279 g/mol. The number of ether oxygens (including phenoxy) is 1. The Kier molecular flexibility index (Phi) is 4.35. The highest BCUT2D eigenvalue weighted by Gasteiger charge is 2.13. The van der Waals surface area contributed by atoms with E-state index < -0.39 is 6.10 Å². The molecule has 0 saturated heterocycles. The van der Waals surface area contributed by atoms with Crippen LogP contribution < -0.4 is 4.74 Å². The van der Waals surface area contributed by atoms with Crippen molar-refractivity contribution < 1.29 is 9.84 Å². The normalized spacial score (nSPS) is 12.2. The van der Waals surface area contributed by atoms with Crippen molar-refractivity contribution in [2.24, 2.45) is 0 Å². The molecule has 0 amide bonds. The molecular formula is C14H15ClN2O2. The number of hydrogen-bond donors (Lipinski definition) is 1. The molecule has 0 bridgehead atoms. The van der Waals surface area contributed by atoms with Gasteiger partial charge in [-0.25, -0.2) is 9.97 Å². The third-order valence-electron chi connectivity index (χ3n) is 2.91. The van der Waals surface area contributed by atoms with Crippen LogP contribution in [-0.4, -0.2) is 22.2 Å². The molecule has 1 unspecified atom stereocenters. The number of methoxy groups -OCH3 is 1. The number of aromatic nitrogens is 2. The number of aliphatic hydroxyl groups is 1. The third kappa shape index (κ3) is 3.43. The molecule has 1 N–H and O–H groups in total. The Morgan fingerprint density at radius 2 is 2.11 bits per heavy atom. The molecule has 0 aliphatic carbocycles. The van der Waals surface area contributed by atoms with Gasteiger partial charge in [0.15, 0.2) is 0 Å². The third-order valence-corrected chi connectivity index (χ3v) is 3.15. The van der Waals surface area contributed by atoms with Crippen molar-refractivity contribution in [3.63, 3.8) is 0 Å². The van der Waals surface area contributed by atoms with Crippen LogP contribution in [0.25, 0.3) is 0 Å². The molecule has 0 saturated carbocycles. The summed E-state index contributed by atoms with van der Waals surface area (Å²) < 4.78 is 5.03. The van der Waals surface area contributed by atoms with E-state index in [1.807, 2.05) is 13.0 Å². The van der Waals surface area contributed by atoms with Crippen molar-refractivity contribution in [3.8, 4) is 5.88 Å². The van der Waals surface area contributed by atoms with Crippen LogP contribution >= 0.6 is 11.6 Å². The quantitative estimate of drug-likeness (QED) is 0.934. The average Bonchev–Trinajstić information content (AvgIpc) is 2.41. The van der Waals surface area contributed by atoms with Gasteiger partial charge in [-0.2, -0.15) is 0 Å². The first-order valence-corrected chi connectivity index (χ1v) is 6.27. The summed E-state index contributed by atoms with van der Waals surface area (Å²) in [4.78, 5) is 8.05. The predicted octanol–water partition coefficient (Wildman–Crippen LogP) is 2.72. The monoisotopic (exact) mass is 278 g/mol. The molecule has 1 heterocycles. The maximum absolute atomic E-state index is 10.3. The van der Waals surface area contributed by atoms with Crippen LogP contribution in [0.2, 0.25) is 5.02 Å². The van der Waals surface area contributed by atoms with E-state index in [-0.39, 0.29) is 0 Å². The zero-order chi connectivity index (χ0) is 13.8. The lowest BCUT2D eigenvalue weighted by atomic mass is 10.00. The van der Waals surface area contributed by atoms with Crippen molar-refractivity contribution in [1.82, 2.24) is 9.97 Å². The first-order valence-electron chi connectivity index (χ1n) is 5.89. The molecule has 2 rings (SSSR count). The van der Waals surface area contributed by atoms with Crippen LogP contribution in [0.4, 0.5) is 0 Å². The molecule has 19 heavy (non-hydrogen) atoms. The summed E-state index contributed by atoms with van der Waals surface area (Å²) in [6, 6.07) is 7.19. The van der Waals surface area contributed by atoms with Crippen LogP contribution in [0, 0.1) is 6.92 Å². The lowest BCUT2D eigenvalue weighted by molar-refractivity contribution is 0.176. The van der Waals surface area contributed by atoms with E-state index >= 15 is 0 Å². The van der Waals surface area contributed by atoms with Gasteiger partial charge in [0.2, 0.25) is 5.88 Å². The second-order valence-corrected chi connectivity index (χ2v) is 4.71. The highest BCUT2D eigenvalue weighted by atomic mass is 35.5. The van der Waals surface area contributed by atoms with Gasteiger partial charge in [-0.3, -0.25) is 0 Å². The van der Waals surface area contributed by atoms with Crippen LogP contribution in [-0.2, 0) is 6.42 Å². The molecule has 5 heteroatoms. The number of aryl methyl sites for hydroxylation is 1. The Bertz CT molecular complexity index is 575. The minimum Gasteiger partial charge on any atom is -0.481 e. The molecule has 0 aliphatic rings. The van der Waals surface area contributed by atoms with Gasteiger partial charge in [-0.15, -0.1) is 0 Å². The Morgan fingerprint density at radius 3 is 2.84 bits per heavy atom. The molecule has 2 aromatic rings. The summed E-state index contributed by atoms with van der Waals surface area (Å²) in [5, 5.41) is 10.9. The molecule has 0 radical (unpaired) electrons. The maximum Gasteiger partial charge on any atom is 0.216 e. The lowest BCUT2D eigenvalue weighted by Gasteiger charge is -2.14. The van der Waals surface area contributed by atoms with E-state index in [2.05, 4.69) is 9.97 Å². The van der Waals surface area contributed by atoms with Crippen molar-refractivity contribution in [2.75, 3.05) is 7.11 Å². The number of benzene rings is 1. The smallest absolute Gasteiger partial charge is 0.216 e. The van der Waals surface area contributed by atoms with Crippen LogP contribution in [0.1, 0.15) is 22.9 Å². The molecule has 100 valence electrons. The minimum atomic E-state index is -0.654. The molecule has 0 spiro atoms. The highest BCUT2D eigenvalue weighted by molar-refractivity contribution is 6.30. The Hall–Kier alpha value is -1.65. The van der Waals surface area contributed by atoms with E-state index in [0.717, 1.165) is 16.8 Å². The fraction of sp³-hybridized carbons (Fsp3) is 0.286. The van der Waals surface area contributed by atoms with Crippen LogP contribution in [0.5, 0.6) is 5.88 Å². The molecule has 4 nitrogen and oxygen atoms in total. The fourth-order valence-electron chi connectivity index (χ4n) is 1.88. The molecule has 1 atom stereocenters. The van der Waals surface area contributed by atoms with Gasteiger partial charge < -0.3 is 9.84 Å². The molecule has 0 aliphatic heterocycles. The van der Waals surface area contributed by atoms with Gasteiger partial charge >= 0.3 is 0 Å². The fourth-order valence-corrected chi connectivity index (χ4v) is 2.06. The first kappa shape index (κ1) is 13.8. The Labute approximate surface area is 117 Å². The summed E-state index contributed by atoms with van der Waals surface area (Å²) in [5.41, 5.74) is 2.53. The van der Waals surface area contributed by atoms with E-state index in [0.29, 0.717) is 17.3 Å². The van der Waals surface area contributed by atoms with E-state index in [4.69, 9.17) is 16.3 Å². The van der Waals surface area contributed by atoms with Gasteiger partial charge in [-0.05, 0) is 30.2 Å². The van der Waals surface area contributed by atoms with Gasteiger partial charge in [0.1, 0.15) is 6.33 Å². The second kappa shape index (κ2) is 5.99. The summed E-state index contributed by atoms with van der Waals surface area (Å²) in [6.07, 6.45) is 1.16. The molecule has 1 aromatic heterocycles. The standard InChI is InChI=1S/C14H15ClN2O2/c1-9-3-4-10(15)5-12(9)13(18)6-11-7-14(19-2)17-8-16-11/h3-5,7-8,13,18H,6H2,1-2H3. The summed E-state index contributed by atoms with van der Waals surface area (Å²) >= 11 is 5.95. The Morgan fingerprint density at radius 1 is 1.32 bits per heavy atom. The van der Waals surface area contributed by atoms with Gasteiger partial charge in [0.05, 0.1) is 18.9 Å². The number of halogens is 1. The molecule has 0 fully saturated rings. The largest absolute Gasteiger partial charge is 0.481 e.